The highest BCUT2D eigenvalue weighted by Crippen LogP contribution is 2.35. The molecule has 0 amide bonds. The maximum absolute atomic E-state index is 9.52. The van der Waals surface area contributed by atoms with Crippen LogP contribution in [0.2, 0.25) is 0 Å². The first-order chi connectivity index (χ1) is 10.0. The van der Waals surface area contributed by atoms with Crippen molar-refractivity contribution in [3.05, 3.63) is 0 Å². The van der Waals surface area contributed by atoms with Crippen molar-refractivity contribution in [2.24, 2.45) is 11.7 Å². The molecular formula is C16H34N4O. The summed E-state index contributed by atoms with van der Waals surface area (Å²) in [7, 11) is 4.27. The summed E-state index contributed by atoms with van der Waals surface area (Å²) in [5.74, 6) is 0.509. The van der Waals surface area contributed by atoms with E-state index in [4.69, 9.17) is 5.73 Å². The lowest BCUT2D eigenvalue weighted by molar-refractivity contribution is 0.107. The van der Waals surface area contributed by atoms with Crippen LogP contribution < -0.4 is 5.73 Å². The van der Waals surface area contributed by atoms with E-state index in [1.807, 2.05) is 0 Å². The standard InChI is InChI=1S/C16H34N4O/c1-18(2)8-9-20-12-10-19(11-13-20)7-5-15-4-3-6-16(15,17)14-21/h15,21H,3-14,17H2,1-2H3. The molecule has 1 aliphatic carbocycles. The summed E-state index contributed by atoms with van der Waals surface area (Å²) in [5, 5.41) is 9.52. The SMILES string of the molecule is CN(C)CCN1CCN(CCC2CCCC2(N)CO)CC1. The van der Waals surface area contributed by atoms with E-state index in [-0.39, 0.29) is 12.1 Å². The highest BCUT2D eigenvalue weighted by Gasteiger charge is 2.38. The van der Waals surface area contributed by atoms with E-state index in [1.165, 1.54) is 45.6 Å². The van der Waals surface area contributed by atoms with Gasteiger partial charge in [0.25, 0.3) is 0 Å². The Morgan fingerprint density at radius 2 is 1.76 bits per heavy atom. The van der Waals surface area contributed by atoms with Gasteiger partial charge in [0.15, 0.2) is 0 Å². The Balaban J connectivity index is 1.65. The largest absolute Gasteiger partial charge is 0.394 e. The van der Waals surface area contributed by atoms with Crippen molar-refractivity contribution in [2.45, 2.75) is 31.2 Å². The zero-order chi connectivity index (χ0) is 15.3. The van der Waals surface area contributed by atoms with Gasteiger partial charge in [-0.1, -0.05) is 6.42 Å². The Morgan fingerprint density at radius 1 is 1.14 bits per heavy atom. The molecule has 2 atom stereocenters. The molecule has 0 aromatic rings. The minimum Gasteiger partial charge on any atom is -0.394 e. The quantitative estimate of drug-likeness (QED) is 0.695. The molecule has 0 aromatic carbocycles. The third-order valence-corrected chi connectivity index (χ3v) is 5.42. The number of aliphatic hydroxyl groups is 1. The number of nitrogens with zero attached hydrogens (tertiary/aromatic N) is 3. The fourth-order valence-corrected chi connectivity index (χ4v) is 3.73. The van der Waals surface area contributed by atoms with Gasteiger partial charge in [0.1, 0.15) is 0 Å². The molecule has 0 bridgehead atoms. The number of aliphatic hydroxyl groups excluding tert-OH is 1. The summed E-state index contributed by atoms with van der Waals surface area (Å²) in [6.07, 6.45) is 4.52. The third-order valence-electron chi connectivity index (χ3n) is 5.42. The van der Waals surface area contributed by atoms with Crippen LogP contribution in [0.15, 0.2) is 0 Å². The predicted octanol–water partition coefficient (Wildman–Crippen LogP) is 0.0456. The maximum atomic E-state index is 9.52. The molecule has 2 rings (SSSR count). The van der Waals surface area contributed by atoms with Crippen LogP contribution in [0.25, 0.3) is 0 Å². The summed E-state index contributed by atoms with van der Waals surface area (Å²) >= 11 is 0. The van der Waals surface area contributed by atoms with E-state index >= 15 is 0 Å². The van der Waals surface area contributed by atoms with Crippen molar-refractivity contribution < 1.29 is 5.11 Å². The van der Waals surface area contributed by atoms with Gasteiger partial charge in [-0.3, -0.25) is 4.90 Å². The Labute approximate surface area is 130 Å². The zero-order valence-corrected chi connectivity index (χ0v) is 13.9. The van der Waals surface area contributed by atoms with Crippen molar-refractivity contribution >= 4 is 0 Å². The molecule has 3 N–H and O–H groups in total. The van der Waals surface area contributed by atoms with Crippen LogP contribution in [0.5, 0.6) is 0 Å². The number of hydrogen-bond donors (Lipinski definition) is 2. The Bertz CT molecular complexity index is 305. The smallest absolute Gasteiger partial charge is 0.0613 e. The van der Waals surface area contributed by atoms with Crippen molar-refractivity contribution in [1.29, 1.82) is 0 Å². The van der Waals surface area contributed by atoms with Gasteiger partial charge in [-0.05, 0) is 45.8 Å². The Morgan fingerprint density at radius 3 is 2.33 bits per heavy atom. The van der Waals surface area contributed by atoms with Crippen LogP contribution in [0, 0.1) is 5.92 Å². The van der Waals surface area contributed by atoms with Gasteiger partial charge in [-0.25, -0.2) is 0 Å². The molecule has 0 radical (unpaired) electrons. The molecular weight excluding hydrogens is 264 g/mol. The summed E-state index contributed by atoms with van der Waals surface area (Å²) in [5.41, 5.74) is 6.03. The van der Waals surface area contributed by atoms with Gasteiger partial charge in [0, 0.05) is 44.8 Å². The van der Waals surface area contributed by atoms with Crippen LogP contribution in [-0.4, -0.2) is 91.9 Å². The lowest BCUT2D eigenvalue weighted by atomic mass is 9.86. The highest BCUT2D eigenvalue weighted by atomic mass is 16.3. The molecule has 0 aromatic heterocycles. The van der Waals surface area contributed by atoms with Crippen molar-refractivity contribution in [1.82, 2.24) is 14.7 Å². The molecule has 5 nitrogen and oxygen atoms in total. The number of likely N-dealkylation sites (N-methyl/N-ethyl adjacent to an activating group) is 1. The van der Waals surface area contributed by atoms with Crippen LogP contribution in [0.3, 0.4) is 0 Å². The van der Waals surface area contributed by atoms with Crippen LogP contribution >= 0.6 is 0 Å². The molecule has 0 spiro atoms. The fraction of sp³-hybridized carbons (Fsp3) is 1.00. The summed E-state index contributed by atoms with van der Waals surface area (Å²) in [6.45, 7) is 8.35. The van der Waals surface area contributed by atoms with Gasteiger partial charge in [-0.2, -0.15) is 0 Å². The van der Waals surface area contributed by atoms with Crippen molar-refractivity contribution in [2.75, 3.05) is 66.5 Å². The van der Waals surface area contributed by atoms with Gasteiger partial charge >= 0.3 is 0 Å². The van der Waals surface area contributed by atoms with Crippen LogP contribution in [-0.2, 0) is 0 Å². The average molecular weight is 298 g/mol. The lowest BCUT2D eigenvalue weighted by Gasteiger charge is -2.37. The number of hydrogen-bond acceptors (Lipinski definition) is 5. The monoisotopic (exact) mass is 298 g/mol. The van der Waals surface area contributed by atoms with E-state index in [0.29, 0.717) is 5.92 Å². The number of nitrogens with two attached hydrogens (primary N) is 1. The van der Waals surface area contributed by atoms with E-state index < -0.39 is 0 Å². The van der Waals surface area contributed by atoms with Crippen LogP contribution in [0.1, 0.15) is 25.7 Å². The van der Waals surface area contributed by atoms with Gasteiger partial charge in [0.05, 0.1) is 6.61 Å². The first kappa shape index (κ1) is 17.2. The number of piperazine rings is 1. The van der Waals surface area contributed by atoms with E-state index in [2.05, 4.69) is 28.8 Å². The molecule has 2 fully saturated rings. The van der Waals surface area contributed by atoms with E-state index in [9.17, 15) is 5.11 Å². The highest BCUT2D eigenvalue weighted by molar-refractivity contribution is 4.96. The molecule has 1 saturated heterocycles. The molecule has 2 unspecified atom stereocenters. The van der Waals surface area contributed by atoms with Crippen molar-refractivity contribution in [3.8, 4) is 0 Å². The number of rotatable bonds is 7. The first-order valence-corrected chi connectivity index (χ1v) is 8.53. The topological polar surface area (TPSA) is 56.0 Å². The fourth-order valence-electron chi connectivity index (χ4n) is 3.73. The first-order valence-electron chi connectivity index (χ1n) is 8.53. The lowest BCUT2D eigenvalue weighted by Crippen LogP contribution is -2.50. The van der Waals surface area contributed by atoms with E-state index in [0.717, 1.165) is 25.9 Å². The second-order valence-corrected chi connectivity index (χ2v) is 7.26. The average Bonchev–Trinajstić information content (AvgIpc) is 2.86. The molecule has 1 aliphatic heterocycles. The maximum Gasteiger partial charge on any atom is 0.0613 e. The molecule has 1 heterocycles. The third kappa shape index (κ3) is 4.89. The molecule has 21 heavy (non-hydrogen) atoms. The Kier molecular flexibility index (Phi) is 6.44. The summed E-state index contributed by atoms with van der Waals surface area (Å²) < 4.78 is 0. The predicted molar refractivity (Wildman–Crippen MR) is 87.4 cm³/mol. The van der Waals surface area contributed by atoms with Crippen molar-refractivity contribution in [3.63, 3.8) is 0 Å². The van der Waals surface area contributed by atoms with Gasteiger partial charge in [0.2, 0.25) is 0 Å². The van der Waals surface area contributed by atoms with Crippen LogP contribution in [0.4, 0.5) is 0 Å². The Hall–Kier alpha value is -0.200. The minimum atomic E-state index is -0.298. The van der Waals surface area contributed by atoms with Gasteiger partial charge < -0.3 is 20.6 Å². The zero-order valence-electron chi connectivity index (χ0n) is 13.9. The molecule has 5 heteroatoms. The summed E-state index contributed by atoms with van der Waals surface area (Å²) in [4.78, 5) is 7.39. The van der Waals surface area contributed by atoms with Gasteiger partial charge in [-0.15, -0.1) is 0 Å². The minimum absolute atomic E-state index is 0.149. The second-order valence-electron chi connectivity index (χ2n) is 7.26. The molecule has 1 saturated carbocycles. The second kappa shape index (κ2) is 7.88. The summed E-state index contributed by atoms with van der Waals surface area (Å²) in [6, 6.07) is 0. The molecule has 124 valence electrons. The normalized spacial score (nSPS) is 32.1. The van der Waals surface area contributed by atoms with E-state index in [1.54, 1.807) is 0 Å². The molecule has 2 aliphatic rings.